The molecule has 0 N–H and O–H groups in total. The predicted octanol–water partition coefficient (Wildman–Crippen LogP) is 19.9. The zero-order valence-corrected chi connectivity index (χ0v) is 40.1. The largest absolute Gasteiger partial charge is 0.456 e. The number of hydrogen-bond donors (Lipinski definition) is 0. The highest BCUT2D eigenvalue weighted by Crippen LogP contribution is 2.49. The first-order valence-electron chi connectivity index (χ1n) is 25.1. The Balaban J connectivity index is 0.902. The van der Waals surface area contributed by atoms with Crippen molar-refractivity contribution in [2.24, 2.45) is 0 Å². The fourth-order valence-electron chi connectivity index (χ4n) is 12.8. The van der Waals surface area contributed by atoms with Crippen LogP contribution in [0.1, 0.15) is 0 Å². The van der Waals surface area contributed by atoms with Gasteiger partial charge in [0.2, 0.25) is 0 Å². The number of furan rings is 3. The van der Waals surface area contributed by atoms with E-state index in [0.717, 1.165) is 116 Å². The summed E-state index contributed by atoms with van der Waals surface area (Å²) in [4.78, 5) is 0. The highest BCUT2D eigenvalue weighted by molar-refractivity contribution is 7.25. The summed E-state index contributed by atoms with van der Waals surface area (Å²) in [6.45, 7) is 0. The van der Waals surface area contributed by atoms with Crippen LogP contribution in [0, 0.1) is 0 Å². The van der Waals surface area contributed by atoms with Gasteiger partial charge in [-0.05, 0) is 99.9 Å². The number of benzene rings is 12. The molecule has 0 aliphatic carbocycles. The predicted molar refractivity (Wildman–Crippen MR) is 310 cm³/mol. The number of thiophene rings is 1. The fourth-order valence-corrected chi connectivity index (χ4v) is 14.0. The van der Waals surface area contributed by atoms with Crippen LogP contribution < -0.4 is 0 Å². The Bertz CT molecular complexity index is 5520. The molecule has 0 bridgehead atoms. The summed E-state index contributed by atoms with van der Waals surface area (Å²) in [5.74, 6) is 0. The van der Waals surface area contributed by atoms with Gasteiger partial charge in [0, 0.05) is 97.0 Å². The van der Waals surface area contributed by atoms with E-state index in [2.05, 4.69) is 215 Å². The minimum atomic E-state index is 0.852. The van der Waals surface area contributed by atoms with E-state index in [-0.39, 0.29) is 0 Å². The van der Waals surface area contributed by atoms with E-state index in [1.807, 2.05) is 23.5 Å². The van der Waals surface area contributed by atoms with Crippen molar-refractivity contribution in [3.05, 3.63) is 218 Å². The Morgan fingerprint density at radius 2 is 0.892 bits per heavy atom. The first-order valence-corrected chi connectivity index (χ1v) is 25.9. The maximum Gasteiger partial charge on any atom is 0.160 e. The fraction of sp³-hybridized carbons (Fsp3) is 0. The third kappa shape index (κ3) is 5.11. The quantitative estimate of drug-likeness (QED) is 0.177. The number of fused-ring (bicyclic) bond motifs is 23. The topological polar surface area (TPSA) is 49.3 Å². The number of rotatable bonds is 3. The number of aromatic nitrogens is 2. The Labute approximate surface area is 423 Å². The summed E-state index contributed by atoms with van der Waals surface area (Å²) >= 11 is 1.84. The van der Waals surface area contributed by atoms with Gasteiger partial charge in [-0.25, -0.2) is 0 Å². The summed E-state index contributed by atoms with van der Waals surface area (Å²) in [5, 5.41) is 18.6. The van der Waals surface area contributed by atoms with E-state index in [4.69, 9.17) is 13.3 Å². The zero-order valence-electron chi connectivity index (χ0n) is 39.3. The van der Waals surface area contributed by atoms with Gasteiger partial charge in [-0.15, -0.1) is 11.3 Å². The van der Waals surface area contributed by atoms with Gasteiger partial charge in [0.15, 0.2) is 5.58 Å². The number of nitrogens with zero attached hydrogens (tertiary/aromatic N) is 2. The Morgan fingerprint density at radius 1 is 0.297 bits per heavy atom. The molecule has 18 rings (SSSR count). The van der Waals surface area contributed by atoms with Crippen molar-refractivity contribution in [3.8, 4) is 22.5 Å². The lowest BCUT2D eigenvalue weighted by Crippen LogP contribution is -1.94. The maximum atomic E-state index is 7.16. The van der Waals surface area contributed by atoms with Crippen molar-refractivity contribution in [1.82, 2.24) is 9.13 Å². The number of para-hydroxylation sites is 3. The van der Waals surface area contributed by atoms with Crippen molar-refractivity contribution >= 4 is 162 Å². The molecule has 6 heteroatoms. The highest BCUT2D eigenvalue weighted by Gasteiger charge is 2.25. The van der Waals surface area contributed by atoms with Crippen molar-refractivity contribution in [2.45, 2.75) is 0 Å². The van der Waals surface area contributed by atoms with Crippen LogP contribution in [0.2, 0.25) is 0 Å². The molecule has 12 aromatic carbocycles. The van der Waals surface area contributed by atoms with E-state index in [9.17, 15) is 0 Å². The molecular weight excluding hydrogens is 925 g/mol. The summed E-state index contributed by atoms with van der Waals surface area (Å²) in [7, 11) is 0. The van der Waals surface area contributed by atoms with Crippen molar-refractivity contribution < 1.29 is 13.3 Å². The van der Waals surface area contributed by atoms with E-state index >= 15 is 0 Å². The Morgan fingerprint density at radius 3 is 1.76 bits per heavy atom. The molecule has 5 nitrogen and oxygen atoms in total. The van der Waals surface area contributed by atoms with E-state index in [1.165, 1.54) is 57.9 Å². The molecule has 0 aliphatic rings. The van der Waals surface area contributed by atoms with Crippen LogP contribution in [0.15, 0.2) is 232 Å². The minimum Gasteiger partial charge on any atom is -0.456 e. The molecule has 0 unspecified atom stereocenters. The average molecular weight is 961 g/mol. The van der Waals surface area contributed by atoms with Gasteiger partial charge in [-0.3, -0.25) is 0 Å². The molecule has 0 spiro atoms. The van der Waals surface area contributed by atoms with Crippen LogP contribution in [0.25, 0.3) is 174 Å². The van der Waals surface area contributed by atoms with Gasteiger partial charge in [0.1, 0.15) is 27.9 Å². The van der Waals surface area contributed by atoms with Crippen LogP contribution in [0.5, 0.6) is 0 Å². The lowest BCUT2D eigenvalue weighted by Gasteiger charge is -2.11. The van der Waals surface area contributed by atoms with Gasteiger partial charge in [-0.2, -0.15) is 0 Å². The molecule has 0 saturated carbocycles. The van der Waals surface area contributed by atoms with Crippen LogP contribution in [-0.4, -0.2) is 9.13 Å². The maximum absolute atomic E-state index is 7.16. The smallest absolute Gasteiger partial charge is 0.160 e. The van der Waals surface area contributed by atoms with Gasteiger partial charge in [0.25, 0.3) is 0 Å². The van der Waals surface area contributed by atoms with Crippen molar-refractivity contribution in [3.63, 3.8) is 0 Å². The lowest BCUT2D eigenvalue weighted by atomic mass is 9.97. The molecule has 0 saturated heterocycles. The molecule has 74 heavy (non-hydrogen) atoms. The van der Waals surface area contributed by atoms with Crippen LogP contribution in [0.3, 0.4) is 0 Å². The summed E-state index contributed by atoms with van der Waals surface area (Å²) < 4.78 is 28.0. The third-order valence-corrected chi connectivity index (χ3v) is 17.2. The molecule has 6 heterocycles. The second-order valence-corrected chi connectivity index (χ2v) is 21.0. The summed E-state index contributed by atoms with van der Waals surface area (Å²) in [6.07, 6.45) is 0. The Hall–Kier alpha value is -9.62. The van der Waals surface area contributed by atoms with Gasteiger partial charge in [-0.1, -0.05) is 140 Å². The molecule has 0 aliphatic heterocycles. The second-order valence-electron chi connectivity index (χ2n) is 19.9. The highest BCUT2D eigenvalue weighted by atomic mass is 32.1. The average Bonchev–Trinajstić information content (AvgIpc) is 4.32. The molecule has 18 aromatic rings. The van der Waals surface area contributed by atoms with Crippen LogP contribution in [0.4, 0.5) is 0 Å². The van der Waals surface area contributed by atoms with Gasteiger partial charge < -0.3 is 22.4 Å². The van der Waals surface area contributed by atoms with Gasteiger partial charge in [0.05, 0.1) is 22.1 Å². The van der Waals surface area contributed by atoms with Crippen molar-refractivity contribution in [1.29, 1.82) is 0 Å². The molecule has 6 aromatic heterocycles. The van der Waals surface area contributed by atoms with Gasteiger partial charge >= 0.3 is 0 Å². The monoisotopic (exact) mass is 960 g/mol. The normalized spacial score (nSPS) is 12.6. The zero-order chi connectivity index (χ0) is 47.9. The van der Waals surface area contributed by atoms with E-state index < -0.39 is 0 Å². The SMILES string of the molecule is c1ccc2cc3c(cc2c1)c1cc2oc4c(-c5ccc6c7c8ccccc8c8c9ccccc9oc8c7n(-c7ccc8c(c7)sc7ccccc78)c6c5)cccc4c2cc1n3-c1ccc2c(c1)oc1ccccc12. The van der Waals surface area contributed by atoms with E-state index in [1.54, 1.807) is 0 Å². The lowest BCUT2D eigenvalue weighted by molar-refractivity contribution is 0.668. The van der Waals surface area contributed by atoms with Crippen molar-refractivity contribution in [2.75, 3.05) is 0 Å². The molecular formula is C68H36N2O3S. The minimum absolute atomic E-state index is 0.852. The molecule has 0 atom stereocenters. The first-order chi connectivity index (χ1) is 36.7. The molecule has 0 radical (unpaired) electrons. The summed E-state index contributed by atoms with van der Waals surface area (Å²) in [6, 6.07) is 79.3. The molecule has 0 fully saturated rings. The Kier molecular flexibility index (Phi) is 7.43. The summed E-state index contributed by atoms with van der Waals surface area (Å²) in [5.41, 5.74) is 13.9. The molecule has 0 amide bonds. The second kappa shape index (κ2) is 14.1. The third-order valence-electron chi connectivity index (χ3n) is 16.0. The van der Waals surface area contributed by atoms with Crippen LogP contribution >= 0.6 is 11.3 Å². The van der Waals surface area contributed by atoms with Crippen LogP contribution in [-0.2, 0) is 0 Å². The molecule has 342 valence electrons. The first kappa shape index (κ1) is 39.0. The standard InChI is InChI=1S/C68H36N2O3S/c1-2-13-38-31-56-52(30-37(38)12-1)53-36-61-54(35-57(53)69(56)40-25-28-44-43-14-5-8-21-58(43)71-60(44)33-40)49-20-11-19-42(67(49)73-61)39-24-27-50-55(32-39)70(41-26-29-46-45-15-7-10-23-62(45)74-63(46)34-41)66-64(50)47-16-3-4-17-48(47)65-51-18-6-9-22-59(51)72-68(65)66/h1-36H. The van der Waals surface area contributed by atoms with E-state index in [0.29, 0.717) is 0 Å². The number of hydrogen-bond acceptors (Lipinski definition) is 4.